The molecule has 122 valence electrons. The molecule has 0 aliphatic carbocycles. The van der Waals surface area contributed by atoms with Crippen LogP contribution >= 0.6 is 12.4 Å². The number of nitrogens with zero attached hydrogens (tertiary/aromatic N) is 1. The number of piperidine rings is 1. The Morgan fingerprint density at radius 3 is 2.27 bits per heavy atom. The first-order chi connectivity index (χ1) is 9.97. The van der Waals surface area contributed by atoms with Gasteiger partial charge in [-0.3, -0.25) is 4.79 Å². The lowest BCUT2D eigenvalue weighted by Gasteiger charge is -2.33. The lowest BCUT2D eigenvalue weighted by Crippen LogP contribution is -2.49. The van der Waals surface area contributed by atoms with E-state index < -0.39 is 12.1 Å². The third-order valence-corrected chi connectivity index (χ3v) is 3.86. The molecule has 1 aromatic rings. The van der Waals surface area contributed by atoms with E-state index in [0.717, 1.165) is 11.1 Å². The summed E-state index contributed by atoms with van der Waals surface area (Å²) in [6, 6.07) is 6.57. The number of hydrogen-bond acceptors (Lipinski definition) is 3. The minimum absolute atomic E-state index is 0. The predicted octanol–water partition coefficient (Wildman–Crippen LogP) is 1.08. The van der Waals surface area contributed by atoms with Crippen molar-refractivity contribution in [3.05, 3.63) is 35.4 Å². The standard InChI is InChI=1S/C15H22N4O2.ClH/c1-10-2-4-11(5-3-10)13(16)14(20)19-8-6-12(7-9-19)18-15(17)21;/h2-5,12-13H,6-9,16H2,1H3,(H3,17,18,21);1H. The number of amides is 3. The zero-order valence-corrected chi connectivity index (χ0v) is 13.4. The van der Waals surface area contributed by atoms with Crippen molar-refractivity contribution >= 4 is 24.3 Å². The number of rotatable bonds is 3. The summed E-state index contributed by atoms with van der Waals surface area (Å²) in [7, 11) is 0. The fraction of sp³-hybridized carbons (Fsp3) is 0.467. The van der Waals surface area contributed by atoms with Gasteiger partial charge in [0.25, 0.3) is 0 Å². The number of benzene rings is 1. The van der Waals surface area contributed by atoms with Crippen molar-refractivity contribution < 1.29 is 9.59 Å². The SMILES string of the molecule is Cc1ccc(C(N)C(=O)N2CCC(NC(N)=O)CC2)cc1.Cl. The van der Waals surface area contributed by atoms with Crippen LogP contribution in [0.25, 0.3) is 0 Å². The Kier molecular flexibility index (Phi) is 6.64. The molecule has 5 N–H and O–H groups in total. The van der Waals surface area contributed by atoms with Gasteiger partial charge in [0.15, 0.2) is 0 Å². The monoisotopic (exact) mass is 326 g/mol. The molecule has 1 aliphatic rings. The Morgan fingerprint density at radius 2 is 1.77 bits per heavy atom. The molecule has 3 amide bonds. The number of urea groups is 1. The van der Waals surface area contributed by atoms with E-state index in [1.165, 1.54) is 0 Å². The van der Waals surface area contributed by atoms with Crippen LogP contribution in [0.15, 0.2) is 24.3 Å². The van der Waals surface area contributed by atoms with Crippen molar-refractivity contribution in [2.24, 2.45) is 11.5 Å². The molecule has 7 heteroatoms. The molecule has 0 saturated carbocycles. The molecule has 22 heavy (non-hydrogen) atoms. The van der Waals surface area contributed by atoms with Gasteiger partial charge in [0.05, 0.1) is 0 Å². The molecule has 1 aromatic carbocycles. The van der Waals surface area contributed by atoms with E-state index in [9.17, 15) is 9.59 Å². The minimum Gasteiger partial charge on any atom is -0.352 e. The van der Waals surface area contributed by atoms with E-state index in [0.29, 0.717) is 25.9 Å². The van der Waals surface area contributed by atoms with Gasteiger partial charge in [-0.1, -0.05) is 29.8 Å². The molecule has 0 bridgehead atoms. The largest absolute Gasteiger partial charge is 0.352 e. The van der Waals surface area contributed by atoms with E-state index in [2.05, 4.69) is 5.32 Å². The number of nitrogens with one attached hydrogen (secondary N) is 1. The van der Waals surface area contributed by atoms with E-state index in [1.807, 2.05) is 31.2 Å². The van der Waals surface area contributed by atoms with Gasteiger partial charge >= 0.3 is 6.03 Å². The maximum Gasteiger partial charge on any atom is 0.312 e. The molecule has 2 rings (SSSR count). The number of hydrogen-bond donors (Lipinski definition) is 3. The lowest BCUT2D eigenvalue weighted by molar-refractivity contribution is -0.133. The van der Waals surface area contributed by atoms with Crippen molar-refractivity contribution in [3.8, 4) is 0 Å². The third-order valence-electron chi connectivity index (χ3n) is 3.86. The molecule has 1 fully saturated rings. The van der Waals surface area contributed by atoms with Crippen molar-refractivity contribution in [2.75, 3.05) is 13.1 Å². The van der Waals surface area contributed by atoms with Crippen LogP contribution in [-0.4, -0.2) is 36.0 Å². The van der Waals surface area contributed by atoms with E-state index in [1.54, 1.807) is 4.90 Å². The number of carbonyl (C=O) groups excluding carboxylic acids is 2. The Balaban J connectivity index is 0.00000242. The first-order valence-electron chi connectivity index (χ1n) is 7.14. The molecule has 1 heterocycles. The van der Waals surface area contributed by atoms with Gasteiger partial charge in [0, 0.05) is 19.1 Å². The van der Waals surface area contributed by atoms with Gasteiger partial charge in [0.2, 0.25) is 5.91 Å². The molecule has 0 radical (unpaired) electrons. The summed E-state index contributed by atoms with van der Waals surface area (Å²) in [6.07, 6.45) is 1.41. The molecule has 1 unspecified atom stereocenters. The van der Waals surface area contributed by atoms with Gasteiger partial charge in [-0.15, -0.1) is 12.4 Å². The normalized spacial score (nSPS) is 16.5. The summed E-state index contributed by atoms with van der Waals surface area (Å²) >= 11 is 0. The number of likely N-dealkylation sites (tertiary alicyclic amines) is 1. The van der Waals surface area contributed by atoms with E-state index >= 15 is 0 Å². The second-order valence-corrected chi connectivity index (χ2v) is 5.50. The second-order valence-electron chi connectivity index (χ2n) is 5.50. The Morgan fingerprint density at radius 1 is 1.23 bits per heavy atom. The first-order valence-corrected chi connectivity index (χ1v) is 7.14. The van der Waals surface area contributed by atoms with Crippen LogP contribution in [0.4, 0.5) is 4.79 Å². The van der Waals surface area contributed by atoms with Crippen LogP contribution in [0, 0.1) is 6.92 Å². The summed E-state index contributed by atoms with van der Waals surface area (Å²) in [6.45, 7) is 3.17. The highest BCUT2D eigenvalue weighted by Gasteiger charge is 2.27. The lowest BCUT2D eigenvalue weighted by atomic mass is 10.0. The quantitative estimate of drug-likeness (QED) is 0.774. The zero-order chi connectivity index (χ0) is 15.4. The smallest absolute Gasteiger partial charge is 0.312 e. The highest BCUT2D eigenvalue weighted by atomic mass is 35.5. The number of nitrogens with two attached hydrogens (primary N) is 2. The van der Waals surface area contributed by atoms with Gasteiger partial charge in [-0.05, 0) is 25.3 Å². The summed E-state index contributed by atoms with van der Waals surface area (Å²) in [5.41, 5.74) is 13.1. The summed E-state index contributed by atoms with van der Waals surface area (Å²) in [5.74, 6) is -0.0728. The highest BCUT2D eigenvalue weighted by molar-refractivity contribution is 5.85. The Hall–Kier alpha value is -1.79. The van der Waals surface area contributed by atoms with Crippen molar-refractivity contribution in [1.29, 1.82) is 0 Å². The van der Waals surface area contributed by atoms with Crippen LogP contribution in [0.3, 0.4) is 0 Å². The van der Waals surface area contributed by atoms with Crippen LogP contribution in [0.5, 0.6) is 0 Å². The molecule has 1 saturated heterocycles. The number of primary amides is 1. The molecule has 0 aromatic heterocycles. The molecule has 1 atom stereocenters. The summed E-state index contributed by atoms with van der Waals surface area (Å²) in [4.78, 5) is 25.0. The van der Waals surface area contributed by atoms with Crippen LogP contribution in [-0.2, 0) is 4.79 Å². The maximum atomic E-state index is 12.4. The van der Waals surface area contributed by atoms with Gasteiger partial charge in [-0.25, -0.2) is 4.79 Å². The van der Waals surface area contributed by atoms with Gasteiger partial charge in [-0.2, -0.15) is 0 Å². The molecular formula is C15H23ClN4O2. The van der Waals surface area contributed by atoms with Crippen LogP contribution in [0.1, 0.15) is 30.0 Å². The average Bonchev–Trinajstić information content (AvgIpc) is 2.47. The highest BCUT2D eigenvalue weighted by Crippen LogP contribution is 2.18. The topological polar surface area (TPSA) is 101 Å². The van der Waals surface area contributed by atoms with Crippen molar-refractivity contribution in [3.63, 3.8) is 0 Å². The van der Waals surface area contributed by atoms with E-state index in [-0.39, 0.29) is 24.4 Å². The fourth-order valence-corrected chi connectivity index (χ4v) is 2.56. The van der Waals surface area contributed by atoms with E-state index in [4.69, 9.17) is 11.5 Å². The van der Waals surface area contributed by atoms with Gasteiger partial charge in [0.1, 0.15) is 6.04 Å². The first kappa shape index (κ1) is 18.3. The van der Waals surface area contributed by atoms with Crippen LogP contribution in [0.2, 0.25) is 0 Å². The summed E-state index contributed by atoms with van der Waals surface area (Å²) < 4.78 is 0. The van der Waals surface area contributed by atoms with Crippen molar-refractivity contribution in [2.45, 2.75) is 31.8 Å². The number of carbonyl (C=O) groups is 2. The van der Waals surface area contributed by atoms with Gasteiger partial charge < -0.3 is 21.7 Å². The second kappa shape index (κ2) is 8.00. The van der Waals surface area contributed by atoms with Crippen LogP contribution < -0.4 is 16.8 Å². The number of aryl methyl sites for hydroxylation is 1. The Labute approximate surface area is 136 Å². The van der Waals surface area contributed by atoms with Crippen molar-refractivity contribution in [1.82, 2.24) is 10.2 Å². The summed E-state index contributed by atoms with van der Waals surface area (Å²) in [5, 5.41) is 2.68. The maximum absolute atomic E-state index is 12.4. The zero-order valence-electron chi connectivity index (χ0n) is 12.6. The molecular weight excluding hydrogens is 304 g/mol. The predicted molar refractivity (Wildman–Crippen MR) is 87.7 cm³/mol. The average molecular weight is 327 g/mol. The molecule has 6 nitrogen and oxygen atoms in total. The minimum atomic E-state index is -0.633. The Bertz CT molecular complexity index is 513. The fourth-order valence-electron chi connectivity index (χ4n) is 2.56. The third kappa shape index (κ3) is 4.61. The number of halogens is 1. The molecule has 0 spiro atoms. The molecule has 1 aliphatic heterocycles.